The fourth-order valence-corrected chi connectivity index (χ4v) is 4.14. The van der Waals surface area contributed by atoms with Crippen LogP contribution in [0, 0.1) is 0 Å². The number of hydrogen-bond donors (Lipinski definition) is 1. The molecule has 0 fully saturated rings. The number of aromatic nitrogens is 4. The van der Waals surface area contributed by atoms with Crippen molar-refractivity contribution in [1.82, 2.24) is 25.5 Å². The summed E-state index contributed by atoms with van der Waals surface area (Å²) in [4.78, 5) is 12.9. The van der Waals surface area contributed by atoms with Crippen molar-refractivity contribution in [3.63, 3.8) is 0 Å². The Morgan fingerprint density at radius 2 is 1.73 bits per heavy atom. The molecule has 0 bridgehead atoms. The molecule has 3 aromatic carbocycles. The number of nitrogens with one attached hydrogen (secondary N) is 1. The van der Waals surface area contributed by atoms with Gasteiger partial charge in [0.15, 0.2) is 0 Å². The normalized spacial score (nSPS) is 11.7. The van der Waals surface area contributed by atoms with Gasteiger partial charge in [-0.3, -0.25) is 4.79 Å². The molecule has 0 saturated heterocycles. The molecule has 0 aliphatic rings. The number of benzene rings is 3. The Bertz CT molecular complexity index is 1200. The number of amides is 1. The third-order valence-corrected chi connectivity index (χ3v) is 5.98. The monoisotopic (exact) mass is 479 g/mol. The van der Waals surface area contributed by atoms with E-state index in [0.717, 1.165) is 16.8 Å². The van der Waals surface area contributed by atoms with Crippen LogP contribution in [0.15, 0.2) is 84.0 Å². The molecule has 0 radical (unpaired) electrons. The van der Waals surface area contributed by atoms with Gasteiger partial charge < -0.3 is 10.1 Å². The Labute approximate surface area is 201 Å². The first-order chi connectivity index (χ1) is 16.2. The zero-order valence-corrected chi connectivity index (χ0v) is 19.5. The van der Waals surface area contributed by atoms with E-state index in [0.29, 0.717) is 22.5 Å². The number of halogens is 1. The van der Waals surface area contributed by atoms with Crippen LogP contribution < -0.4 is 10.1 Å². The number of carbonyl (C=O) groups excluding carboxylic acids is 1. The summed E-state index contributed by atoms with van der Waals surface area (Å²) in [5.41, 5.74) is 2.64. The first kappa shape index (κ1) is 22.8. The molecule has 0 saturated carbocycles. The van der Waals surface area contributed by atoms with Crippen LogP contribution in [0.5, 0.6) is 5.75 Å². The Hall–Kier alpha value is -3.36. The maximum Gasteiger partial charge on any atom is 0.231 e. The van der Waals surface area contributed by atoms with Gasteiger partial charge in [0.1, 0.15) is 11.4 Å². The van der Waals surface area contributed by atoms with Crippen molar-refractivity contribution in [3.8, 4) is 11.4 Å². The summed E-state index contributed by atoms with van der Waals surface area (Å²) < 4.78 is 7.27. The number of hydrogen-bond acceptors (Lipinski definition) is 6. The summed E-state index contributed by atoms with van der Waals surface area (Å²) in [5.74, 6) is 0.676. The minimum absolute atomic E-state index is 0.142. The minimum Gasteiger partial charge on any atom is -0.492 e. The van der Waals surface area contributed by atoms with Gasteiger partial charge in [0.2, 0.25) is 11.1 Å². The van der Waals surface area contributed by atoms with Crippen LogP contribution in [-0.4, -0.2) is 38.5 Å². The van der Waals surface area contributed by atoms with E-state index in [1.165, 1.54) is 11.8 Å². The molecule has 0 aliphatic heterocycles. The fraction of sp³-hybridized carbons (Fsp3) is 0.167. The van der Waals surface area contributed by atoms with Gasteiger partial charge in [-0.25, -0.2) is 0 Å². The number of para-hydroxylation sites is 2. The zero-order chi connectivity index (χ0) is 23.0. The van der Waals surface area contributed by atoms with E-state index in [4.69, 9.17) is 16.3 Å². The molecule has 1 atom stereocenters. The van der Waals surface area contributed by atoms with Crippen LogP contribution >= 0.6 is 23.4 Å². The number of carbonyl (C=O) groups is 1. The molecule has 4 rings (SSSR count). The van der Waals surface area contributed by atoms with Crippen molar-refractivity contribution in [2.75, 3.05) is 12.4 Å². The first-order valence-corrected chi connectivity index (χ1v) is 11.7. The molecule has 1 heterocycles. The van der Waals surface area contributed by atoms with E-state index < -0.39 is 0 Å². The predicted molar refractivity (Wildman–Crippen MR) is 129 cm³/mol. The zero-order valence-electron chi connectivity index (χ0n) is 17.9. The van der Waals surface area contributed by atoms with Crippen molar-refractivity contribution in [2.45, 2.75) is 18.1 Å². The summed E-state index contributed by atoms with van der Waals surface area (Å²) in [7, 11) is 0. The molecule has 1 N–H and O–H groups in total. The van der Waals surface area contributed by atoms with Gasteiger partial charge in [0.25, 0.3) is 0 Å². The maximum absolute atomic E-state index is 12.9. The standard InChI is InChI=1S/C24H22ClN5O2S/c1-2-32-21-11-7-6-10-20(21)30-24(27-28-29-30)33-16-22(31)26-23(17-8-4-3-5-9-17)18-12-14-19(25)15-13-18/h3-15,23H,2,16H2,1H3,(H,26,31). The molecular formula is C24H22ClN5O2S. The summed E-state index contributed by atoms with van der Waals surface area (Å²) in [6.07, 6.45) is 0. The summed E-state index contributed by atoms with van der Waals surface area (Å²) in [6.45, 7) is 2.44. The second-order valence-electron chi connectivity index (χ2n) is 7.03. The lowest BCUT2D eigenvalue weighted by Gasteiger charge is -2.20. The fourth-order valence-electron chi connectivity index (χ4n) is 3.32. The van der Waals surface area contributed by atoms with Crippen molar-refractivity contribution in [1.29, 1.82) is 0 Å². The van der Waals surface area contributed by atoms with E-state index in [2.05, 4.69) is 20.8 Å². The highest BCUT2D eigenvalue weighted by molar-refractivity contribution is 7.99. The Morgan fingerprint density at radius 3 is 2.48 bits per heavy atom. The summed E-state index contributed by atoms with van der Waals surface area (Å²) in [5, 5.41) is 16.2. The highest BCUT2D eigenvalue weighted by atomic mass is 35.5. The van der Waals surface area contributed by atoms with Gasteiger partial charge in [-0.05, 0) is 52.7 Å². The highest BCUT2D eigenvalue weighted by Crippen LogP contribution is 2.27. The van der Waals surface area contributed by atoms with Crippen molar-refractivity contribution in [2.24, 2.45) is 0 Å². The van der Waals surface area contributed by atoms with Crippen LogP contribution in [-0.2, 0) is 4.79 Å². The molecule has 168 valence electrons. The van der Waals surface area contributed by atoms with Crippen LogP contribution in [0.1, 0.15) is 24.1 Å². The second kappa shape index (κ2) is 11.0. The second-order valence-corrected chi connectivity index (χ2v) is 8.40. The first-order valence-electron chi connectivity index (χ1n) is 10.4. The van der Waals surface area contributed by atoms with E-state index >= 15 is 0 Å². The van der Waals surface area contributed by atoms with Gasteiger partial charge >= 0.3 is 0 Å². The topological polar surface area (TPSA) is 81.9 Å². The van der Waals surface area contributed by atoms with Crippen LogP contribution in [0.4, 0.5) is 0 Å². The molecule has 1 unspecified atom stereocenters. The number of rotatable bonds is 9. The van der Waals surface area contributed by atoms with Crippen molar-refractivity contribution >= 4 is 29.3 Å². The Balaban J connectivity index is 1.49. The van der Waals surface area contributed by atoms with Gasteiger partial charge in [-0.1, -0.05) is 78.0 Å². The lowest BCUT2D eigenvalue weighted by molar-refractivity contribution is -0.119. The van der Waals surface area contributed by atoms with Crippen LogP contribution in [0.2, 0.25) is 5.02 Å². The molecule has 1 aromatic heterocycles. The summed E-state index contributed by atoms with van der Waals surface area (Å²) in [6, 6.07) is 24.5. The van der Waals surface area contributed by atoms with Crippen LogP contribution in [0.3, 0.4) is 0 Å². The largest absolute Gasteiger partial charge is 0.492 e. The van der Waals surface area contributed by atoms with Gasteiger partial charge in [-0.15, -0.1) is 5.10 Å². The van der Waals surface area contributed by atoms with E-state index in [9.17, 15) is 4.79 Å². The maximum atomic E-state index is 12.9. The number of ether oxygens (including phenoxy) is 1. The SMILES string of the molecule is CCOc1ccccc1-n1nnnc1SCC(=O)NC(c1ccccc1)c1ccc(Cl)cc1. The Morgan fingerprint density at radius 1 is 1.03 bits per heavy atom. The van der Waals surface area contributed by atoms with E-state index in [-0.39, 0.29) is 17.7 Å². The number of thioether (sulfide) groups is 1. The van der Waals surface area contributed by atoms with Gasteiger partial charge in [-0.2, -0.15) is 4.68 Å². The molecule has 4 aromatic rings. The lowest BCUT2D eigenvalue weighted by atomic mass is 9.99. The molecule has 33 heavy (non-hydrogen) atoms. The summed E-state index contributed by atoms with van der Waals surface area (Å²) >= 11 is 7.31. The van der Waals surface area contributed by atoms with Crippen molar-refractivity contribution < 1.29 is 9.53 Å². The molecule has 9 heteroatoms. The number of nitrogens with zero attached hydrogens (tertiary/aromatic N) is 4. The quantitative estimate of drug-likeness (QED) is 0.350. The van der Waals surface area contributed by atoms with Gasteiger partial charge in [0, 0.05) is 5.02 Å². The lowest BCUT2D eigenvalue weighted by Crippen LogP contribution is -2.30. The van der Waals surface area contributed by atoms with Crippen LogP contribution in [0.25, 0.3) is 5.69 Å². The predicted octanol–water partition coefficient (Wildman–Crippen LogP) is 4.71. The molecular weight excluding hydrogens is 458 g/mol. The third kappa shape index (κ3) is 5.71. The minimum atomic E-state index is -0.300. The highest BCUT2D eigenvalue weighted by Gasteiger charge is 2.19. The molecule has 7 nitrogen and oxygen atoms in total. The van der Waals surface area contributed by atoms with E-state index in [1.54, 1.807) is 4.68 Å². The average molecular weight is 480 g/mol. The van der Waals surface area contributed by atoms with Gasteiger partial charge in [0.05, 0.1) is 18.4 Å². The molecule has 0 aliphatic carbocycles. The average Bonchev–Trinajstić information content (AvgIpc) is 3.31. The number of tetrazole rings is 1. The van der Waals surface area contributed by atoms with E-state index in [1.807, 2.05) is 85.8 Å². The van der Waals surface area contributed by atoms with Crippen molar-refractivity contribution in [3.05, 3.63) is 95.0 Å². The molecule has 0 spiro atoms. The Kier molecular flexibility index (Phi) is 7.59. The smallest absolute Gasteiger partial charge is 0.231 e. The third-order valence-electron chi connectivity index (χ3n) is 4.81. The molecule has 1 amide bonds.